The Labute approximate surface area is 131 Å². The second-order valence-electron chi connectivity index (χ2n) is 6.10. The molecule has 21 heavy (non-hydrogen) atoms. The molecule has 0 aromatic heterocycles. The molecule has 1 aromatic rings. The molecule has 1 rings (SSSR count). The second kappa shape index (κ2) is 8.17. The molecule has 0 saturated heterocycles. The number of rotatable bonds is 8. The summed E-state index contributed by atoms with van der Waals surface area (Å²) in [4.78, 5) is 13.8. The van der Waals surface area contributed by atoms with Gasteiger partial charge in [-0.25, -0.2) is 0 Å². The van der Waals surface area contributed by atoms with Gasteiger partial charge in [0.25, 0.3) is 0 Å². The molecule has 0 bridgehead atoms. The summed E-state index contributed by atoms with van der Waals surface area (Å²) < 4.78 is 0. The average molecular weight is 310 g/mol. The summed E-state index contributed by atoms with van der Waals surface area (Å²) in [6, 6.07) is 5.83. The van der Waals surface area contributed by atoms with E-state index >= 15 is 0 Å². The van der Waals surface area contributed by atoms with Crippen LogP contribution in [0.1, 0.15) is 27.7 Å². The Kier molecular flexibility index (Phi) is 6.89. The zero-order valence-corrected chi connectivity index (χ0v) is 14.1. The van der Waals surface area contributed by atoms with E-state index in [1.807, 2.05) is 18.2 Å². The molecule has 5 heteroatoms. The number of anilines is 2. The lowest BCUT2D eigenvalue weighted by atomic mass is 10.1. The van der Waals surface area contributed by atoms with E-state index in [0.29, 0.717) is 17.5 Å². The summed E-state index contributed by atoms with van der Waals surface area (Å²) in [7, 11) is 0. The summed E-state index contributed by atoms with van der Waals surface area (Å²) in [6.07, 6.45) is 0. The largest absolute Gasteiger partial charge is 0.481 e. The minimum atomic E-state index is -0.816. The third-order valence-electron chi connectivity index (χ3n) is 2.87. The van der Waals surface area contributed by atoms with Crippen molar-refractivity contribution in [2.45, 2.75) is 32.6 Å². The Morgan fingerprint density at radius 2 is 1.81 bits per heavy atom. The number of benzene rings is 1. The van der Waals surface area contributed by atoms with Crippen molar-refractivity contribution in [1.82, 2.24) is 0 Å². The Hall–Kier alpha value is -1.36. The van der Waals surface area contributed by atoms with Crippen molar-refractivity contribution in [2.75, 3.05) is 29.5 Å². The van der Waals surface area contributed by atoms with Gasteiger partial charge in [-0.2, -0.15) is 0 Å². The molecule has 0 heterocycles. The first-order valence-corrected chi connectivity index (χ1v) is 8.27. The molecule has 0 aliphatic carbocycles. The van der Waals surface area contributed by atoms with Crippen LogP contribution < -0.4 is 10.6 Å². The molecule has 118 valence electrons. The predicted molar refractivity (Wildman–Crippen MR) is 91.1 cm³/mol. The highest BCUT2D eigenvalue weighted by Crippen LogP contribution is 2.30. The van der Waals surface area contributed by atoms with Crippen molar-refractivity contribution in [3.05, 3.63) is 18.2 Å². The van der Waals surface area contributed by atoms with Gasteiger partial charge in [-0.05, 0) is 30.0 Å². The van der Waals surface area contributed by atoms with Crippen LogP contribution >= 0.6 is 11.8 Å². The van der Waals surface area contributed by atoms with Crippen LogP contribution in [0.5, 0.6) is 0 Å². The van der Waals surface area contributed by atoms with Crippen molar-refractivity contribution in [3.63, 3.8) is 0 Å². The van der Waals surface area contributed by atoms with Crippen molar-refractivity contribution >= 4 is 29.1 Å². The van der Waals surface area contributed by atoms with Gasteiger partial charge in [0, 0.05) is 18.0 Å². The van der Waals surface area contributed by atoms with E-state index < -0.39 is 5.97 Å². The minimum Gasteiger partial charge on any atom is -0.481 e. The zero-order valence-electron chi connectivity index (χ0n) is 13.3. The molecule has 0 atom stereocenters. The van der Waals surface area contributed by atoms with Crippen LogP contribution in [-0.2, 0) is 4.79 Å². The maximum absolute atomic E-state index is 10.6. The van der Waals surface area contributed by atoms with Crippen LogP contribution in [0, 0.1) is 11.8 Å². The van der Waals surface area contributed by atoms with Crippen molar-refractivity contribution in [2.24, 2.45) is 11.8 Å². The highest BCUT2D eigenvalue weighted by molar-refractivity contribution is 8.00. The Bertz CT molecular complexity index is 465. The maximum Gasteiger partial charge on any atom is 0.313 e. The average Bonchev–Trinajstić information content (AvgIpc) is 2.34. The lowest BCUT2D eigenvalue weighted by Crippen LogP contribution is -2.31. The Morgan fingerprint density at radius 1 is 1.24 bits per heavy atom. The number of hydrogen-bond donors (Lipinski definition) is 2. The van der Waals surface area contributed by atoms with Crippen LogP contribution in [0.25, 0.3) is 0 Å². The number of nitrogens with two attached hydrogens (primary N) is 1. The molecule has 0 radical (unpaired) electrons. The fourth-order valence-corrected chi connectivity index (χ4v) is 2.87. The summed E-state index contributed by atoms with van der Waals surface area (Å²) >= 11 is 1.29. The molecule has 4 nitrogen and oxygen atoms in total. The van der Waals surface area contributed by atoms with Crippen molar-refractivity contribution < 1.29 is 9.90 Å². The summed E-state index contributed by atoms with van der Waals surface area (Å²) in [6.45, 7) is 10.7. The molecule has 0 unspecified atom stereocenters. The Balaban J connectivity index is 2.90. The number of carboxylic acid groups (broad SMARTS) is 1. The van der Waals surface area contributed by atoms with E-state index in [1.165, 1.54) is 11.8 Å². The van der Waals surface area contributed by atoms with E-state index in [0.717, 1.165) is 23.7 Å². The van der Waals surface area contributed by atoms with Crippen LogP contribution in [0.15, 0.2) is 23.1 Å². The molecule has 0 saturated carbocycles. The normalized spacial score (nSPS) is 11.1. The maximum atomic E-state index is 10.6. The monoisotopic (exact) mass is 310 g/mol. The molecule has 0 amide bonds. The van der Waals surface area contributed by atoms with Gasteiger partial charge in [0.2, 0.25) is 0 Å². The highest BCUT2D eigenvalue weighted by Gasteiger charge is 2.14. The number of carbonyl (C=O) groups is 1. The van der Waals surface area contributed by atoms with E-state index in [9.17, 15) is 4.79 Å². The fourth-order valence-electron chi connectivity index (χ4n) is 2.21. The number of aliphatic carboxylic acids is 1. The van der Waals surface area contributed by atoms with E-state index in [1.54, 1.807) is 0 Å². The second-order valence-corrected chi connectivity index (χ2v) is 7.14. The first kappa shape index (κ1) is 17.7. The number of carboxylic acids is 1. The Morgan fingerprint density at radius 3 is 2.24 bits per heavy atom. The summed E-state index contributed by atoms with van der Waals surface area (Å²) in [5.41, 5.74) is 7.93. The number of thioether (sulfide) groups is 1. The van der Waals surface area contributed by atoms with Crippen LogP contribution in [0.4, 0.5) is 11.4 Å². The predicted octanol–water partition coefficient (Wildman–Crippen LogP) is 3.56. The van der Waals surface area contributed by atoms with E-state index in [2.05, 4.69) is 32.6 Å². The number of nitrogens with zero attached hydrogens (tertiary/aromatic N) is 1. The smallest absolute Gasteiger partial charge is 0.313 e. The molecule has 1 aromatic carbocycles. The zero-order chi connectivity index (χ0) is 16.0. The van der Waals surface area contributed by atoms with Crippen LogP contribution in [0.2, 0.25) is 0 Å². The molecular formula is C16H26N2O2S. The molecule has 0 aliphatic rings. The first-order valence-electron chi connectivity index (χ1n) is 7.28. The van der Waals surface area contributed by atoms with Gasteiger partial charge in [0.1, 0.15) is 0 Å². The van der Waals surface area contributed by atoms with Crippen LogP contribution in [0.3, 0.4) is 0 Å². The first-order chi connectivity index (χ1) is 9.79. The lowest BCUT2D eigenvalue weighted by molar-refractivity contribution is -0.133. The quantitative estimate of drug-likeness (QED) is 0.567. The highest BCUT2D eigenvalue weighted by atomic mass is 32.2. The summed E-state index contributed by atoms with van der Waals surface area (Å²) in [5, 5.41) is 8.72. The van der Waals surface area contributed by atoms with Crippen LogP contribution in [-0.4, -0.2) is 29.9 Å². The van der Waals surface area contributed by atoms with Gasteiger partial charge >= 0.3 is 5.97 Å². The fraction of sp³-hybridized carbons (Fsp3) is 0.562. The van der Waals surface area contributed by atoms with Gasteiger partial charge in [-0.15, -0.1) is 11.8 Å². The van der Waals surface area contributed by atoms with E-state index in [-0.39, 0.29) is 5.75 Å². The topological polar surface area (TPSA) is 66.6 Å². The van der Waals surface area contributed by atoms with Gasteiger partial charge in [-0.1, -0.05) is 27.7 Å². The molecule has 0 spiro atoms. The van der Waals surface area contributed by atoms with Gasteiger partial charge in [0.05, 0.1) is 17.1 Å². The lowest BCUT2D eigenvalue weighted by Gasteiger charge is -2.29. The molecule has 3 N–H and O–H groups in total. The van der Waals surface area contributed by atoms with Gasteiger partial charge in [0.15, 0.2) is 0 Å². The van der Waals surface area contributed by atoms with Crippen molar-refractivity contribution in [1.29, 1.82) is 0 Å². The van der Waals surface area contributed by atoms with Gasteiger partial charge in [-0.3, -0.25) is 4.79 Å². The molecule has 0 fully saturated rings. The minimum absolute atomic E-state index is 0.0560. The number of hydrogen-bond acceptors (Lipinski definition) is 4. The third-order valence-corrected chi connectivity index (χ3v) is 3.85. The third kappa shape index (κ3) is 6.29. The molecule has 0 aliphatic heterocycles. The van der Waals surface area contributed by atoms with Gasteiger partial charge < -0.3 is 15.7 Å². The SMILES string of the molecule is CC(C)CN(CC(C)C)c1ccc(SCC(=O)O)cc1N. The standard InChI is InChI=1S/C16H26N2O2S/c1-11(2)8-18(9-12(3)4)15-6-5-13(7-14(15)17)21-10-16(19)20/h5-7,11-12H,8-10,17H2,1-4H3,(H,19,20). The molecular weight excluding hydrogens is 284 g/mol. The van der Waals surface area contributed by atoms with Crippen molar-refractivity contribution in [3.8, 4) is 0 Å². The summed E-state index contributed by atoms with van der Waals surface area (Å²) in [5.74, 6) is 0.359. The number of nitrogen functional groups attached to an aromatic ring is 1. The van der Waals surface area contributed by atoms with E-state index in [4.69, 9.17) is 10.8 Å².